The second kappa shape index (κ2) is 5.27. The lowest BCUT2D eigenvalue weighted by molar-refractivity contribution is -0.0000182. The van der Waals surface area contributed by atoms with Crippen molar-refractivity contribution >= 4 is 22.6 Å². The van der Waals surface area contributed by atoms with Gasteiger partial charge in [-0.1, -0.05) is 12.1 Å². The van der Waals surface area contributed by atoms with E-state index in [1.54, 1.807) is 0 Å². The molecule has 1 aromatic carbocycles. The summed E-state index contributed by atoms with van der Waals surface area (Å²) in [4.78, 5) is 14.6. The van der Waals surface area contributed by atoms with Gasteiger partial charge in [-0.05, 0) is 6.07 Å². The van der Waals surface area contributed by atoms with Crippen LogP contribution in [-0.2, 0) is 4.74 Å². The number of quaternary nitrogens is 1. The summed E-state index contributed by atoms with van der Waals surface area (Å²) in [6, 6.07) is 7.85. The Balaban J connectivity index is 0.00000162. The number of fused-ring (bicyclic) bond motifs is 1. The number of hydrogen-bond donors (Lipinski definition) is 1. The van der Waals surface area contributed by atoms with Gasteiger partial charge in [0.25, 0.3) is 0 Å². The summed E-state index contributed by atoms with van der Waals surface area (Å²) < 4.78 is 5.41. The van der Waals surface area contributed by atoms with Crippen LogP contribution in [-0.4, -0.2) is 39.2 Å². The standard InChI is InChI=1S/C13H16N2O2.HI/c1-15(2,3)11-7-5-6-9-8-10(13(16)17-4)14-12(9)11;/h5-8H,1-4H3;1H. The summed E-state index contributed by atoms with van der Waals surface area (Å²) in [6.07, 6.45) is 0. The van der Waals surface area contributed by atoms with E-state index in [-0.39, 0.29) is 29.9 Å². The topological polar surface area (TPSA) is 42.1 Å². The van der Waals surface area contributed by atoms with Crippen LogP contribution in [0.3, 0.4) is 0 Å². The van der Waals surface area contributed by atoms with Gasteiger partial charge in [0.15, 0.2) is 5.69 Å². The molecule has 0 saturated carbocycles. The van der Waals surface area contributed by atoms with Crippen molar-refractivity contribution in [3.8, 4) is 0 Å². The van der Waals surface area contributed by atoms with Gasteiger partial charge in [0, 0.05) is 11.5 Å². The van der Waals surface area contributed by atoms with Crippen molar-refractivity contribution in [2.75, 3.05) is 28.3 Å². The summed E-state index contributed by atoms with van der Waals surface area (Å²) in [6.45, 7) is 0. The molecule has 5 heteroatoms. The van der Waals surface area contributed by atoms with Crippen LogP contribution in [0.1, 0.15) is 10.5 Å². The van der Waals surface area contributed by atoms with E-state index in [0.717, 1.165) is 16.6 Å². The normalized spacial score (nSPS) is 11.1. The number of nitrogens with one attached hydrogen (secondary N) is 1. The minimum Gasteiger partial charge on any atom is -1.00 e. The molecule has 0 saturated heterocycles. The molecule has 1 aromatic heterocycles. The average molecular weight is 360 g/mol. The van der Waals surface area contributed by atoms with Crippen LogP contribution >= 0.6 is 0 Å². The van der Waals surface area contributed by atoms with Crippen LogP contribution in [0.4, 0.5) is 5.69 Å². The van der Waals surface area contributed by atoms with Crippen molar-refractivity contribution in [2.45, 2.75) is 0 Å². The minimum absolute atomic E-state index is 0. The Labute approximate surface area is 124 Å². The molecule has 2 aromatic rings. The maximum atomic E-state index is 11.5. The third kappa shape index (κ3) is 2.67. The zero-order valence-corrected chi connectivity index (χ0v) is 13.1. The summed E-state index contributed by atoms with van der Waals surface area (Å²) in [5.74, 6) is -0.339. The SMILES string of the molecule is COC(=O)c1cc2cccc([N+](C)(C)C)c2[nH]1.[I-]. The number of hydrogen-bond acceptors (Lipinski definition) is 2. The van der Waals surface area contributed by atoms with Crippen LogP contribution in [0.2, 0.25) is 0 Å². The van der Waals surface area contributed by atoms with Gasteiger partial charge in [0.1, 0.15) is 11.2 Å². The van der Waals surface area contributed by atoms with Gasteiger partial charge in [0.2, 0.25) is 0 Å². The first-order valence-electron chi connectivity index (χ1n) is 5.45. The molecule has 0 bridgehead atoms. The zero-order valence-electron chi connectivity index (χ0n) is 11.0. The highest BCUT2D eigenvalue weighted by molar-refractivity contribution is 5.98. The van der Waals surface area contributed by atoms with Crippen LogP contribution in [0, 0.1) is 0 Å². The van der Waals surface area contributed by atoms with Crippen LogP contribution in [0.25, 0.3) is 10.9 Å². The Hall–Kier alpha value is -1.08. The predicted octanol–water partition coefficient (Wildman–Crippen LogP) is -0.845. The van der Waals surface area contributed by atoms with Gasteiger partial charge in [-0.2, -0.15) is 0 Å². The van der Waals surface area contributed by atoms with E-state index in [9.17, 15) is 4.79 Å². The van der Waals surface area contributed by atoms with Gasteiger partial charge in [-0.15, -0.1) is 0 Å². The highest BCUT2D eigenvalue weighted by atomic mass is 127. The van der Waals surface area contributed by atoms with Crippen molar-refractivity contribution < 1.29 is 33.5 Å². The van der Waals surface area contributed by atoms with Crippen molar-refractivity contribution in [3.05, 3.63) is 30.0 Å². The van der Waals surface area contributed by atoms with E-state index in [2.05, 4.69) is 32.2 Å². The van der Waals surface area contributed by atoms with E-state index in [1.807, 2.05) is 18.2 Å². The number of nitrogens with zero attached hydrogens (tertiary/aromatic N) is 1. The van der Waals surface area contributed by atoms with Gasteiger partial charge < -0.3 is 33.7 Å². The summed E-state index contributed by atoms with van der Waals surface area (Å²) in [5.41, 5.74) is 2.61. The molecular weight excluding hydrogens is 343 g/mol. The van der Waals surface area contributed by atoms with Crippen LogP contribution in [0.15, 0.2) is 24.3 Å². The van der Waals surface area contributed by atoms with Gasteiger partial charge in [0.05, 0.1) is 28.3 Å². The Morgan fingerprint density at radius 2 is 1.94 bits per heavy atom. The van der Waals surface area contributed by atoms with Gasteiger partial charge in [-0.3, -0.25) is 4.48 Å². The van der Waals surface area contributed by atoms with E-state index < -0.39 is 0 Å². The second-order valence-electron chi connectivity index (χ2n) is 4.93. The largest absolute Gasteiger partial charge is 1.00 e. The van der Waals surface area contributed by atoms with Crippen molar-refractivity contribution in [2.24, 2.45) is 0 Å². The molecule has 0 unspecified atom stereocenters. The number of halogens is 1. The molecule has 18 heavy (non-hydrogen) atoms. The van der Waals surface area contributed by atoms with Crippen molar-refractivity contribution in [1.82, 2.24) is 9.47 Å². The molecule has 0 radical (unpaired) electrons. The van der Waals surface area contributed by atoms with Crippen molar-refractivity contribution in [1.29, 1.82) is 0 Å². The lowest BCUT2D eigenvalue weighted by Gasteiger charge is -2.23. The monoisotopic (exact) mass is 360 g/mol. The number of aromatic amines is 1. The first kappa shape index (κ1) is 15.0. The van der Waals surface area contributed by atoms with E-state index in [1.165, 1.54) is 7.11 Å². The molecule has 1 heterocycles. The maximum Gasteiger partial charge on any atom is 0.354 e. The number of benzene rings is 1. The number of ether oxygens (including phenoxy) is 1. The molecule has 1 N–H and O–H groups in total. The van der Waals surface area contributed by atoms with Crippen LogP contribution in [0.5, 0.6) is 0 Å². The van der Waals surface area contributed by atoms with Gasteiger partial charge in [-0.25, -0.2) is 4.79 Å². The third-order valence-electron chi connectivity index (χ3n) is 2.76. The molecule has 0 fully saturated rings. The molecule has 0 aliphatic carbocycles. The molecule has 0 spiro atoms. The molecule has 2 rings (SSSR count). The minimum atomic E-state index is -0.339. The highest BCUT2D eigenvalue weighted by Crippen LogP contribution is 2.28. The number of H-pyrrole nitrogens is 1. The predicted molar refractivity (Wildman–Crippen MR) is 69.2 cm³/mol. The second-order valence-corrected chi connectivity index (χ2v) is 4.93. The van der Waals surface area contributed by atoms with E-state index in [4.69, 9.17) is 4.74 Å². The number of esters is 1. The fourth-order valence-corrected chi connectivity index (χ4v) is 1.92. The smallest absolute Gasteiger partial charge is 0.354 e. The molecule has 0 amide bonds. The molecule has 0 atom stereocenters. The number of methoxy groups -OCH3 is 1. The molecular formula is C13H17IN2O2. The molecule has 98 valence electrons. The van der Waals surface area contributed by atoms with Crippen LogP contribution < -0.4 is 28.5 Å². The van der Waals surface area contributed by atoms with Gasteiger partial charge >= 0.3 is 5.97 Å². The Morgan fingerprint density at radius 1 is 1.28 bits per heavy atom. The van der Waals surface area contributed by atoms with Crippen molar-refractivity contribution in [3.63, 3.8) is 0 Å². The first-order chi connectivity index (χ1) is 7.93. The number of carbonyl (C=O) groups excluding carboxylic acids is 1. The Morgan fingerprint density at radius 3 is 2.50 bits per heavy atom. The first-order valence-corrected chi connectivity index (χ1v) is 5.45. The maximum absolute atomic E-state index is 11.5. The van der Waals surface area contributed by atoms with E-state index in [0.29, 0.717) is 10.2 Å². The highest BCUT2D eigenvalue weighted by Gasteiger charge is 2.19. The fourth-order valence-electron chi connectivity index (χ4n) is 1.92. The Kier molecular flexibility index (Phi) is 4.39. The Bertz CT molecular complexity index is 570. The number of aromatic nitrogens is 1. The lowest BCUT2D eigenvalue weighted by Crippen LogP contribution is -3.00. The summed E-state index contributed by atoms with van der Waals surface area (Å²) in [7, 11) is 7.66. The lowest BCUT2D eigenvalue weighted by atomic mass is 10.2. The molecule has 4 nitrogen and oxygen atoms in total. The number of rotatable bonds is 2. The summed E-state index contributed by atoms with van der Waals surface area (Å²) >= 11 is 0. The number of para-hydroxylation sites is 1. The third-order valence-corrected chi connectivity index (χ3v) is 2.76. The average Bonchev–Trinajstić information content (AvgIpc) is 2.69. The quantitative estimate of drug-likeness (QED) is 0.431. The number of carbonyl (C=O) groups is 1. The summed E-state index contributed by atoms with van der Waals surface area (Å²) in [5, 5.41) is 1.02. The fraction of sp³-hybridized carbons (Fsp3) is 0.308. The van der Waals surface area contributed by atoms with E-state index >= 15 is 0 Å². The molecule has 0 aliphatic heterocycles. The molecule has 0 aliphatic rings. The zero-order chi connectivity index (χ0) is 12.6.